The molecular formula is C13H12ClN5S. The van der Waals surface area contributed by atoms with E-state index in [0.29, 0.717) is 21.8 Å². The second-order valence-corrected chi connectivity index (χ2v) is 5.94. The lowest BCUT2D eigenvalue weighted by Gasteiger charge is -2.11. The lowest BCUT2D eigenvalue weighted by molar-refractivity contribution is 0.666. The molecular weight excluding hydrogens is 294 g/mol. The highest BCUT2D eigenvalue weighted by Gasteiger charge is 2.24. The van der Waals surface area contributed by atoms with Gasteiger partial charge in [-0.3, -0.25) is 5.41 Å². The van der Waals surface area contributed by atoms with Crippen molar-refractivity contribution in [1.82, 2.24) is 9.97 Å². The second-order valence-electron chi connectivity index (χ2n) is 4.71. The van der Waals surface area contributed by atoms with E-state index in [4.69, 9.17) is 28.0 Å². The number of hydrogen-bond acceptors (Lipinski definition) is 6. The summed E-state index contributed by atoms with van der Waals surface area (Å²) in [6, 6.07) is 3.92. The van der Waals surface area contributed by atoms with Gasteiger partial charge in [-0.05, 0) is 19.9 Å². The van der Waals surface area contributed by atoms with Crippen LogP contribution in [0.25, 0.3) is 10.6 Å². The molecule has 2 heterocycles. The summed E-state index contributed by atoms with van der Waals surface area (Å²) in [4.78, 5) is 8.40. The van der Waals surface area contributed by atoms with E-state index in [9.17, 15) is 0 Å². The van der Waals surface area contributed by atoms with E-state index in [-0.39, 0.29) is 11.0 Å². The molecule has 0 saturated heterocycles. The maximum absolute atomic E-state index is 9.14. The Morgan fingerprint density at radius 1 is 1.55 bits per heavy atom. The zero-order valence-electron chi connectivity index (χ0n) is 10.9. The fraction of sp³-hybridized carbons (Fsp3) is 0.231. The molecule has 0 fully saturated rings. The molecule has 0 unspecified atom stereocenters. The van der Waals surface area contributed by atoms with Gasteiger partial charge in [0.05, 0.1) is 22.7 Å². The van der Waals surface area contributed by atoms with E-state index >= 15 is 0 Å². The van der Waals surface area contributed by atoms with Crippen LogP contribution in [-0.2, 0) is 5.41 Å². The van der Waals surface area contributed by atoms with Crippen LogP contribution in [0.1, 0.15) is 25.1 Å². The zero-order chi connectivity index (χ0) is 14.9. The monoisotopic (exact) mass is 305 g/mol. The summed E-state index contributed by atoms with van der Waals surface area (Å²) in [7, 11) is 0. The minimum Gasteiger partial charge on any atom is -0.383 e. The quantitative estimate of drug-likeness (QED) is 0.851. The molecule has 0 spiro atoms. The van der Waals surface area contributed by atoms with Crippen molar-refractivity contribution in [2.75, 3.05) is 5.73 Å². The average Bonchev–Trinajstić information content (AvgIpc) is 2.88. The Morgan fingerprint density at radius 3 is 2.85 bits per heavy atom. The molecule has 0 aliphatic carbocycles. The summed E-state index contributed by atoms with van der Waals surface area (Å²) in [6.45, 7) is 3.61. The molecule has 0 aromatic carbocycles. The van der Waals surface area contributed by atoms with Gasteiger partial charge in [0.1, 0.15) is 16.0 Å². The molecule has 2 rings (SSSR count). The van der Waals surface area contributed by atoms with E-state index in [0.717, 1.165) is 0 Å². The van der Waals surface area contributed by atoms with Crippen molar-refractivity contribution in [2.24, 2.45) is 0 Å². The summed E-state index contributed by atoms with van der Waals surface area (Å²) < 4.78 is 0. The molecule has 0 bridgehead atoms. The number of nitrogens with one attached hydrogen (secondary N) is 1. The Balaban J connectivity index is 2.57. The standard InChI is InChI=1S/C13H12ClN5S/c1-13(2,6-15)8-5-20-12(19-8)7-3-4-18-11(17)9(7)10(14)16/h3-5,16H,1-2H3,(H2,17,18). The van der Waals surface area contributed by atoms with Gasteiger partial charge in [-0.1, -0.05) is 11.6 Å². The first-order valence-electron chi connectivity index (χ1n) is 5.73. The van der Waals surface area contributed by atoms with E-state index in [2.05, 4.69) is 16.0 Å². The smallest absolute Gasteiger partial charge is 0.134 e. The van der Waals surface area contributed by atoms with Gasteiger partial charge in [0.15, 0.2) is 0 Å². The molecule has 0 radical (unpaired) electrons. The summed E-state index contributed by atoms with van der Waals surface area (Å²) in [5.41, 5.74) is 6.81. The third kappa shape index (κ3) is 2.50. The molecule has 0 aliphatic rings. The largest absolute Gasteiger partial charge is 0.383 e. The van der Waals surface area contributed by atoms with Gasteiger partial charge in [-0.25, -0.2) is 9.97 Å². The molecule has 2 aromatic rings. The van der Waals surface area contributed by atoms with Crippen LogP contribution < -0.4 is 5.73 Å². The topological polar surface area (TPSA) is 99.4 Å². The second kappa shape index (κ2) is 5.19. The Hall–Kier alpha value is -1.97. The number of nitriles is 1. The lowest BCUT2D eigenvalue weighted by atomic mass is 9.92. The van der Waals surface area contributed by atoms with Crippen LogP contribution in [0.15, 0.2) is 17.6 Å². The molecule has 0 saturated carbocycles. The number of aromatic nitrogens is 2. The summed E-state index contributed by atoms with van der Waals surface area (Å²) >= 11 is 7.16. The minimum absolute atomic E-state index is 0.179. The first-order valence-corrected chi connectivity index (χ1v) is 6.99. The zero-order valence-corrected chi connectivity index (χ0v) is 12.5. The van der Waals surface area contributed by atoms with Crippen molar-refractivity contribution in [1.29, 1.82) is 10.7 Å². The third-order valence-corrected chi connectivity index (χ3v) is 3.92. The van der Waals surface area contributed by atoms with E-state index in [1.807, 2.05) is 5.38 Å². The van der Waals surface area contributed by atoms with E-state index in [1.54, 1.807) is 26.1 Å². The Labute approximate surface area is 125 Å². The number of pyridine rings is 1. The Bertz CT molecular complexity index is 714. The molecule has 0 aliphatic heterocycles. The lowest BCUT2D eigenvalue weighted by Crippen LogP contribution is -2.14. The number of nitrogens with two attached hydrogens (primary N) is 1. The van der Waals surface area contributed by atoms with Crippen molar-refractivity contribution < 1.29 is 0 Å². The van der Waals surface area contributed by atoms with Crippen LogP contribution >= 0.6 is 22.9 Å². The van der Waals surface area contributed by atoms with Crippen LogP contribution in [0, 0.1) is 16.7 Å². The third-order valence-electron chi connectivity index (χ3n) is 2.85. The number of nitrogen functional groups attached to an aromatic ring is 1. The van der Waals surface area contributed by atoms with Crippen molar-refractivity contribution in [3.05, 3.63) is 28.9 Å². The van der Waals surface area contributed by atoms with Crippen molar-refractivity contribution in [3.8, 4) is 16.6 Å². The number of halogens is 1. The first kappa shape index (κ1) is 14.4. The van der Waals surface area contributed by atoms with Crippen LogP contribution in [0.3, 0.4) is 0 Å². The van der Waals surface area contributed by atoms with Crippen molar-refractivity contribution >= 4 is 33.9 Å². The van der Waals surface area contributed by atoms with Gasteiger partial charge in [-0.2, -0.15) is 5.26 Å². The van der Waals surface area contributed by atoms with Gasteiger partial charge in [0, 0.05) is 17.1 Å². The van der Waals surface area contributed by atoms with Crippen LogP contribution in [0.2, 0.25) is 0 Å². The predicted octanol–water partition coefficient (Wildman–Crippen LogP) is 3.15. The fourth-order valence-corrected chi connectivity index (χ4v) is 2.85. The molecule has 20 heavy (non-hydrogen) atoms. The van der Waals surface area contributed by atoms with E-state index < -0.39 is 5.41 Å². The highest BCUT2D eigenvalue weighted by atomic mass is 35.5. The van der Waals surface area contributed by atoms with Gasteiger partial charge in [0.25, 0.3) is 0 Å². The van der Waals surface area contributed by atoms with Crippen molar-refractivity contribution in [3.63, 3.8) is 0 Å². The van der Waals surface area contributed by atoms with Gasteiger partial charge >= 0.3 is 0 Å². The summed E-state index contributed by atoms with van der Waals surface area (Å²) in [6.07, 6.45) is 1.55. The summed E-state index contributed by atoms with van der Waals surface area (Å²) in [5, 5.41) is 19.1. The predicted molar refractivity (Wildman–Crippen MR) is 81.1 cm³/mol. The van der Waals surface area contributed by atoms with Crippen LogP contribution in [0.5, 0.6) is 0 Å². The number of anilines is 1. The van der Waals surface area contributed by atoms with Crippen LogP contribution in [-0.4, -0.2) is 15.1 Å². The van der Waals surface area contributed by atoms with E-state index in [1.165, 1.54) is 11.3 Å². The van der Waals surface area contributed by atoms with Gasteiger partial charge in [0.2, 0.25) is 0 Å². The normalized spacial score (nSPS) is 11.1. The Kier molecular flexibility index (Phi) is 3.75. The molecule has 7 heteroatoms. The first-order chi connectivity index (χ1) is 9.36. The highest BCUT2D eigenvalue weighted by molar-refractivity contribution is 7.13. The number of hydrogen-bond donors (Lipinski definition) is 2. The van der Waals surface area contributed by atoms with Gasteiger partial charge in [-0.15, -0.1) is 11.3 Å². The highest BCUT2D eigenvalue weighted by Crippen LogP contribution is 2.33. The molecule has 0 atom stereocenters. The molecule has 0 amide bonds. The maximum Gasteiger partial charge on any atom is 0.134 e. The maximum atomic E-state index is 9.14. The Morgan fingerprint density at radius 2 is 2.25 bits per heavy atom. The molecule has 3 N–H and O–H groups in total. The van der Waals surface area contributed by atoms with Crippen molar-refractivity contribution in [2.45, 2.75) is 19.3 Å². The molecule has 5 nitrogen and oxygen atoms in total. The molecule has 102 valence electrons. The average molecular weight is 306 g/mol. The van der Waals surface area contributed by atoms with Crippen LogP contribution in [0.4, 0.5) is 5.82 Å². The molecule has 2 aromatic heterocycles. The van der Waals surface area contributed by atoms with Gasteiger partial charge < -0.3 is 5.73 Å². The number of thiazole rings is 1. The number of rotatable bonds is 3. The fourth-order valence-electron chi connectivity index (χ4n) is 1.63. The SMILES string of the molecule is CC(C)(C#N)c1csc(-c2ccnc(N)c2C(=N)Cl)n1. The minimum atomic E-state index is -0.665. The number of nitrogens with zero attached hydrogens (tertiary/aromatic N) is 3. The summed E-state index contributed by atoms with van der Waals surface area (Å²) in [5.74, 6) is 0.193.